The molecule has 2 heteroatoms. The molecule has 0 N–H and O–H groups in total. The van der Waals surface area contributed by atoms with Gasteiger partial charge in [-0.25, -0.2) is 0 Å². The summed E-state index contributed by atoms with van der Waals surface area (Å²) in [6.07, 6.45) is 6.88. The SMILES string of the molecule is C.C.CC(C)C1CCN(C(C)C)CC1.C[CH-]C.[CH2-]CC(C[CH2-])C(C)C.[Y+3]. The summed E-state index contributed by atoms with van der Waals surface area (Å²) in [6.45, 7) is 28.1. The minimum atomic E-state index is 0. The van der Waals surface area contributed by atoms with Gasteiger partial charge in [0.2, 0.25) is 0 Å². The third-order valence-electron chi connectivity index (χ3n) is 4.93. The number of hydrogen-bond acceptors (Lipinski definition) is 1. The molecule has 1 aliphatic rings. The van der Waals surface area contributed by atoms with Crippen LogP contribution in [0.25, 0.3) is 0 Å². The number of likely N-dealkylation sites (tertiary alicyclic amines) is 1. The van der Waals surface area contributed by atoms with Gasteiger partial charge in [-0.2, -0.15) is 26.7 Å². The average Bonchev–Trinajstić information content (AvgIpc) is 2.49. The molecule has 0 aromatic heterocycles. The van der Waals surface area contributed by atoms with Crippen LogP contribution in [0, 0.1) is 43.9 Å². The van der Waals surface area contributed by atoms with Crippen LogP contribution >= 0.6 is 0 Å². The number of piperidine rings is 1. The zero-order valence-electron chi connectivity index (χ0n) is 18.1. The van der Waals surface area contributed by atoms with E-state index in [9.17, 15) is 0 Å². The molecule has 0 saturated carbocycles. The van der Waals surface area contributed by atoms with Crippen LogP contribution in [0.1, 0.15) is 95.9 Å². The van der Waals surface area contributed by atoms with Gasteiger partial charge in [-0.15, -0.1) is 0 Å². The molecule has 1 heterocycles. The van der Waals surface area contributed by atoms with E-state index in [0.29, 0.717) is 0 Å². The van der Waals surface area contributed by atoms with Crippen molar-refractivity contribution in [2.24, 2.45) is 23.7 Å². The molecule has 1 rings (SSSR count). The Morgan fingerprint density at radius 2 is 1.23 bits per heavy atom. The van der Waals surface area contributed by atoms with Crippen LogP contribution in [0.3, 0.4) is 0 Å². The molecule has 1 nitrogen and oxygen atoms in total. The molecule has 158 valence electrons. The van der Waals surface area contributed by atoms with E-state index in [4.69, 9.17) is 0 Å². The Hall–Kier alpha value is 1.06. The number of hydrogen-bond donors (Lipinski definition) is 0. The van der Waals surface area contributed by atoms with Crippen molar-refractivity contribution in [3.05, 3.63) is 20.3 Å². The monoisotopic (exact) mass is 445 g/mol. The molecular formula is C24H54NY. The quantitative estimate of drug-likeness (QED) is 0.388. The summed E-state index contributed by atoms with van der Waals surface area (Å²) in [7, 11) is 0. The predicted octanol–water partition coefficient (Wildman–Crippen LogP) is 7.97. The van der Waals surface area contributed by atoms with Gasteiger partial charge in [-0.3, -0.25) is 0 Å². The van der Waals surface area contributed by atoms with Gasteiger partial charge in [-0.1, -0.05) is 48.5 Å². The second-order valence-electron chi connectivity index (χ2n) is 7.87. The summed E-state index contributed by atoms with van der Waals surface area (Å²) < 4.78 is 0. The van der Waals surface area contributed by atoms with Crippen LogP contribution in [0.4, 0.5) is 0 Å². The molecule has 0 aliphatic carbocycles. The summed E-state index contributed by atoms with van der Waals surface area (Å²) in [4.78, 5) is 2.60. The largest absolute Gasteiger partial charge is 3.00 e. The molecule has 1 aliphatic heterocycles. The maximum Gasteiger partial charge on any atom is 3.00 e. The fourth-order valence-electron chi connectivity index (χ4n) is 2.91. The predicted molar refractivity (Wildman–Crippen MR) is 122 cm³/mol. The smallest absolute Gasteiger partial charge is 0.343 e. The first-order chi connectivity index (χ1) is 10.7. The van der Waals surface area contributed by atoms with Crippen LogP contribution in [-0.4, -0.2) is 24.0 Å². The average molecular weight is 446 g/mol. The summed E-state index contributed by atoms with van der Waals surface area (Å²) in [5.41, 5.74) is 0. The van der Waals surface area contributed by atoms with Gasteiger partial charge >= 0.3 is 32.7 Å². The molecule has 0 spiro atoms. The third kappa shape index (κ3) is 19.8. The molecule has 1 saturated heterocycles. The van der Waals surface area contributed by atoms with Crippen LogP contribution in [0.15, 0.2) is 0 Å². The summed E-state index contributed by atoms with van der Waals surface area (Å²) >= 11 is 0. The fraction of sp³-hybridized carbons (Fsp3) is 0.875. The molecule has 0 radical (unpaired) electrons. The van der Waals surface area contributed by atoms with Crippen molar-refractivity contribution in [3.63, 3.8) is 0 Å². The second-order valence-corrected chi connectivity index (χ2v) is 7.87. The van der Waals surface area contributed by atoms with Crippen LogP contribution in [0.5, 0.6) is 0 Å². The maximum absolute atomic E-state index is 3.84. The Labute approximate surface area is 195 Å². The number of nitrogens with zero attached hydrogens (tertiary/aromatic N) is 1. The third-order valence-corrected chi connectivity index (χ3v) is 4.93. The van der Waals surface area contributed by atoms with Gasteiger partial charge in [0.15, 0.2) is 0 Å². The van der Waals surface area contributed by atoms with Crippen molar-refractivity contribution < 1.29 is 32.7 Å². The first-order valence-electron chi connectivity index (χ1n) is 9.81. The zero-order chi connectivity index (χ0) is 18.4. The Balaban J connectivity index is -0.0000000933. The van der Waals surface area contributed by atoms with E-state index in [1.807, 2.05) is 20.3 Å². The van der Waals surface area contributed by atoms with Gasteiger partial charge in [0.1, 0.15) is 0 Å². The first kappa shape index (κ1) is 37.8. The molecule has 26 heavy (non-hydrogen) atoms. The van der Waals surface area contributed by atoms with E-state index in [-0.39, 0.29) is 47.6 Å². The molecule has 0 amide bonds. The van der Waals surface area contributed by atoms with Crippen molar-refractivity contribution in [1.82, 2.24) is 4.90 Å². The summed E-state index contributed by atoms with van der Waals surface area (Å²) in [5.74, 6) is 3.36. The summed E-state index contributed by atoms with van der Waals surface area (Å²) in [5, 5.41) is 0. The Kier molecular flexibility index (Phi) is 35.0. The van der Waals surface area contributed by atoms with Crippen molar-refractivity contribution in [2.45, 2.75) is 102 Å². The molecular weight excluding hydrogens is 391 g/mol. The molecule has 0 bridgehead atoms. The van der Waals surface area contributed by atoms with E-state index in [0.717, 1.165) is 42.6 Å². The molecule has 0 unspecified atom stereocenters. The fourth-order valence-corrected chi connectivity index (χ4v) is 2.91. The van der Waals surface area contributed by atoms with Crippen LogP contribution < -0.4 is 0 Å². The Morgan fingerprint density at radius 3 is 1.38 bits per heavy atom. The van der Waals surface area contributed by atoms with E-state index >= 15 is 0 Å². The first-order valence-corrected chi connectivity index (χ1v) is 9.81. The van der Waals surface area contributed by atoms with E-state index in [1.165, 1.54) is 25.9 Å². The maximum atomic E-state index is 3.84. The minimum absolute atomic E-state index is 0. The van der Waals surface area contributed by atoms with Gasteiger partial charge in [0.05, 0.1) is 0 Å². The van der Waals surface area contributed by atoms with Gasteiger partial charge in [0.25, 0.3) is 0 Å². The van der Waals surface area contributed by atoms with Crippen LogP contribution in [0.2, 0.25) is 0 Å². The van der Waals surface area contributed by atoms with Crippen molar-refractivity contribution in [2.75, 3.05) is 13.1 Å². The van der Waals surface area contributed by atoms with Gasteiger partial charge in [0, 0.05) is 6.04 Å². The summed E-state index contributed by atoms with van der Waals surface area (Å²) in [6, 6.07) is 0.748. The van der Waals surface area contributed by atoms with Gasteiger partial charge < -0.3 is 25.2 Å². The van der Waals surface area contributed by atoms with E-state index in [1.54, 1.807) is 0 Å². The molecule has 1 fully saturated rings. The minimum Gasteiger partial charge on any atom is -0.343 e. The van der Waals surface area contributed by atoms with Crippen LogP contribution in [-0.2, 0) is 32.7 Å². The van der Waals surface area contributed by atoms with Crippen molar-refractivity contribution in [3.8, 4) is 0 Å². The Morgan fingerprint density at radius 1 is 0.885 bits per heavy atom. The standard InChI is InChI=1S/C11H23N.C8H16.C3H7.2CH4.Y/c1-9(2)11-5-7-12(8-6-11)10(3)4;1-5-8(6-2)7(3)4;1-3-2;;;/h9-11H,5-8H2,1-4H3;7-8H,1-2,5-6H2,3-4H3;3H,1-2H3;2*1H4;/q;-2;-1;;;+3. The van der Waals surface area contributed by atoms with Crippen molar-refractivity contribution >= 4 is 0 Å². The van der Waals surface area contributed by atoms with Gasteiger partial charge in [-0.05, 0) is 57.5 Å². The number of rotatable bonds is 5. The van der Waals surface area contributed by atoms with E-state index < -0.39 is 0 Å². The normalized spacial score (nSPS) is 14.5. The topological polar surface area (TPSA) is 3.24 Å². The molecule has 0 aromatic rings. The van der Waals surface area contributed by atoms with E-state index in [2.05, 4.69) is 60.3 Å². The molecule has 0 aromatic carbocycles. The second kappa shape index (κ2) is 24.1. The molecule has 0 atom stereocenters. The Bertz CT molecular complexity index is 210. The zero-order valence-corrected chi connectivity index (χ0v) is 21.0. The van der Waals surface area contributed by atoms with Crippen molar-refractivity contribution in [1.29, 1.82) is 0 Å².